The van der Waals surface area contributed by atoms with Crippen molar-refractivity contribution >= 4 is 45.7 Å². The minimum Gasteiger partial charge on any atom is -0.395 e. The molecule has 110 valence electrons. The number of aromatic nitrogens is 3. The van der Waals surface area contributed by atoms with Crippen molar-refractivity contribution in [1.82, 2.24) is 14.5 Å². The highest BCUT2D eigenvalue weighted by molar-refractivity contribution is 8.00. The van der Waals surface area contributed by atoms with E-state index in [1.54, 1.807) is 23.1 Å². The first-order chi connectivity index (χ1) is 10.2. The van der Waals surface area contributed by atoms with E-state index in [1.807, 2.05) is 35.1 Å². The number of aliphatic hydroxyl groups is 1. The number of thiazole rings is 1. The van der Waals surface area contributed by atoms with Gasteiger partial charge in [-0.3, -0.25) is 0 Å². The lowest BCUT2D eigenvalue weighted by atomic mass is 10.3. The van der Waals surface area contributed by atoms with Gasteiger partial charge >= 0.3 is 0 Å². The van der Waals surface area contributed by atoms with E-state index in [1.165, 1.54) is 0 Å². The number of nitrogens with zero attached hydrogens (tertiary/aromatic N) is 3. The van der Waals surface area contributed by atoms with Crippen LogP contribution in [0, 0.1) is 6.92 Å². The molecule has 0 fully saturated rings. The van der Waals surface area contributed by atoms with Crippen LogP contribution in [-0.4, -0.2) is 26.2 Å². The fraction of sp³-hybridized carbons (Fsp3) is 0.286. The Hall–Kier alpha value is -1.08. The Labute approximate surface area is 135 Å². The molecule has 3 rings (SSSR count). The van der Waals surface area contributed by atoms with Crippen LogP contribution in [-0.2, 0) is 12.3 Å². The lowest BCUT2D eigenvalue weighted by Gasteiger charge is -2.06. The molecule has 0 aliphatic carbocycles. The largest absolute Gasteiger partial charge is 0.395 e. The van der Waals surface area contributed by atoms with Gasteiger partial charge in [-0.15, -0.1) is 11.3 Å². The first-order valence-corrected chi connectivity index (χ1v) is 8.72. The molecule has 4 nitrogen and oxygen atoms in total. The number of benzene rings is 1. The number of fused-ring (bicyclic) bond motifs is 1. The second-order valence-electron chi connectivity index (χ2n) is 4.58. The zero-order valence-electron chi connectivity index (χ0n) is 11.4. The molecule has 2 aromatic heterocycles. The van der Waals surface area contributed by atoms with Crippen LogP contribution in [0.5, 0.6) is 0 Å². The average molecular weight is 340 g/mol. The fourth-order valence-electron chi connectivity index (χ4n) is 2.13. The molecular formula is C14H14ClN3OS2. The monoisotopic (exact) mass is 339 g/mol. The van der Waals surface area contributed by atoms with Crippen LogP contribution in [0.1, 0.15) is 11.5 Å². The van der Waals surface area contributed by atoms with Crippen LogP contribution in [0.4, 0.5) is 0 Å². The molecule has 0 saturated carbocycles. The van der Waals surface area contributed by atoms with E-state index in [0.717, 1.165) is 32.6 Å². The molecule has 1 aromatic carbocycles. The van der Waals surface area contributed by atoms with Crippen molar-refractivity contribution in [2.24, 2.45) is 0 Å². The van der Waals surface area contributed by atoms with Crippen molar-refractivity contribution in [2.45, 2.75) is 23.6 Å². The Kier molecular flexibility index (Phi) is 4.49. The van der Waals surface area contributed by atoms with E-state index < -0.39 is 0 Å². The third-order valence-electron chi connectivity index (χ3n) is 3.04. The summed E-state index contributed by atoms with van der Waals surface area (Å²) in [5.74, 6) is 1.65. The summed E-state index contributed by atoms with van der Waals surface area (Å²) in [6, 6.07) is 5.63. The summed E-state index contributed by atoms with van der Waals surface area (Å²) >= 11 is 9.36. The molecule has 7 heteroatoms. The number of aryl methyl sites for hydroxylation is 1. The minimum atomic E-state index is 0.0754. The smallest absolute Gasteiger partial charge is 0.150 e. The zero-order chi connectivity index (χ0) is 14.8. The maximum absolute atomic E-state index is 9.28. The van der Waals surface area contributed by atoms with Gasteiger partial charge in [0.15, 0.2) is 4.34 Å². The molecule has 0 aliphatic heterocycles. The number of rotatable bonds is 5. The first kappa shape index (κ1) is 14.8. The van der Waals surface area contributed by atoms with E-state index in [0.29, 0.717) is 11.6 Å². The van der Waals surface area contributed by atoms with Crippen LogP contribution in [0.25, 0.3) is 11.0 Å². The molecule has 0 unspecified atom stereocenters. The average Bonchev–Trinajstić information content (AvgIpc) is 3.02. The molecule has 2 heterocycles. The highest BCUT2D eigenvalue weighted by Crippen LogP contribution is 2.28. The van der Waals surface area contributed by atoms with Gasteiger partial charge in [0, 0.05) is 22.6 Å². The Morgan fingerprint density at radius 3 is 2.95 bits per heavy atom. The minimum absolute atomic E-state index is 0.0754. The summed E-state index contributed by atoms with van der Waals surface area (Å²) in [4.78, 5) is 9.09. The molecule has 0 aliphatic rings. The van der Waals surface area contributed by atoms with Crippen molar-refractivity contribution in [2.75, 3.05) is 6.61 Å². The highest BCUT2D eigenvalue weighted by Gasteiger charge is 2.12. The lowest BCUT2D eigenvalue weighted by molar-refractivity contribution is 0.276. The van der Waals surface area contributed by atoms with Gasteiger partial charge in [0.25, 0.3) is 0 Å². The van der Waals surface area contributed by atoms with Gasteiger partial charge < -0.3 is 9.67 Å². The van der Waals surface area contributed by atoms with E-state index >= 15 is 0 Å². The Bertz CT molecular complexity index is 769. The van der Waals surface area contributed by atoms with Crippen molar-refractivity contribution in [3.8, 4) is 0 Å². The van der Waals surface area contributed by atoms with Gasteiger partial charge in [-0.1, -0.05) is 23.4 Å². The normalized spacial score (nSPS) is 11.4. The molecule has 0 bridgehead atoms. The fourth-order valence-corrected chi connectivity index (χ4v) is 4.09. The Morgan fingerprint density at radius 2 is 2.24 bits per heavy atom. The third kappa shape index (κ3) is 3.23. The quantitative estimate of drug-likeness (QED) is 0.719. The number of halogens is 1. The van der Waals surface area contributed by atoms with Crippen molar-refractivity contribution in [1.29, 1.82) is 0 Å². The maximum Gasteiger partial charge on any atom is 0.150 e. The maximum atomic E-state index is 9.28. The van der Waals surface area contributed by atoms with Crippen LogP contribution in [0.2, 0.25) is 5.02 Å². The SMILES string of the molecule is Cc1csc(SCc2nc3ccc(Cl)cc3n2CCO)n1. The summed E-state index contributed by atoms with van der Waals surface area (Å²) in [5.41, 5.74) is 2.90. The molecule has 0 amide bonds. The number of aliphatic hydroxyl groups excluding tert-OH is 1. The number of imidazole rings is 1. The Balaban J connectivity index is 1.91. The lowest BCUT2D eigenvalue weighted by Crippen LogP contribution is -2.06. The van der Waals surface area contributed by atoms with Crippen LogP contribution < -0.4 is 0 Å². The topological polar surface area (TPSA) is 50.9 Å². The van der Waals surface area contributed by atoms with Gasteiger partial charge in [-0.2, -0.15) is 0 Å². The van der Waals surface area contributed by atoms with Gasteiger partial charge in [-0.25, -0.2) is 9.97 Å². The molecule has 1 N–H and O–H groups in total. The second kappa shape index (κ2) is 6.36. The highest BCUT2D eigenvalue weighted by atomic mass is 35.5. The molecule has 0 atom stereocenters. The van der Waals surface area contributed by atoms with E-state index in [9.17, 15) is 5.11 Å². The molecule has 3 aromatic rings. The summed E-state index contributed by atoms with van der Waals surface area (Å²) in [6.45, 7) is 2.58. The third-order valence-corrected chi connectivity index (χ3v) is 5.41. The molecular weight excluding hydrogens is 326 g/mol. The van der Waals surface area contributed by atoms with Gasteiger partial charge in [0.1, 0.15) is 5.82 Å². The van der Waals surface area contributed by atoms with Gasteiger partial charge in [0.2, 0.25) is 0 Å². The van der Waals surface area contributed by atoms with E-state index in [2.05, 4.69) is 9.97 Å². The predicted molar refractivity (Wildman–Crippen MR) is 88.2 cm³/mol. The molecule has 0 spiro atoms. The summed E-state index contributed by atoms with van der Waals surface area (Å²) in [5, 5.41) is 12.0. The van der Waals surface area contributed by atoms with Gasteiger partial charge in [-0.05, 0) is 25.1 Å². The predicted octanol–water partition coefficient (Wildman–Crippen LogP) is 3.74. The number of thioether (sulfide) groups is 1. The molecule has 0 radical (unpaired) electrons. The summed E-state index contributed by atoms with van der Waals surface area (Å²) < 4.78 is 3.06. The van der Waals surface area contributed by atoms with Crippen LogP contribution in [0.3, 0.4) is 0 Å². The van der Waals surface area contributed by atoms with E-state index in [-0.39, 0.29) is 6.61 Å². The van der Waals surface area contributed by atoms with Crippen molar-refractivity contribution < 1.29 is 5.11 Å². The number of hydrogen-bond donors (Lipinski definition) is 1. The standard InChI is InChI=1S/C14H14ClN3OS2/c1-9-7-20-14(16-9)21-8-13-17-11-3-2-10(15)6-12(11)18(13)4-5-19/h2-3,6-7,19H,4-5,8H2,1H3. The van der Waals surface area contributed by atoms with Crippen LogP contribution in [0.15, 0.2) is 27.9 Å². The summed E-state index contributed by atoms with van der Waals surface area (Å²) in [7, 11) is 0. The Morgan fingerprint density at radius 1 is 1.38 bits per heavy atom. The van der Waals surface area contributed by atoms with E-state index in [4.69, 9.17) is 11.6 Å². The van der Waals surface area contributed by atoms with Gasteiger partial charge in [0.05, 0.1) is 23.4 Å². The van der Waals surface area contributed by atoms with Crippen LogP contribution >= 0.6 is 34.7 Å². The molecule has 0 saturated heterocycles. The first-order valence-electron chi connectivity index (χ1n) is 6.48. The van der Waals surface area contributed by atoms with Crippen molar-refractivity contribution in [3.63, 3.8) is 0 Å². The summed E-state index contributed by atoms with van der Waals surface area (Å²) in [6.07, 6.45) is 0. The zero-order valence-corrected chi connectivity index (χ0v) is 13.8. The van der Waals surface area contributed by atoms with Crippen molar-refractivity contribution in [3.05, 3.63) is 40.1 Å². The second-order valence-corrected chi connectivity index (χ2v) is 7.10. The number of hydrogen-bond acceptors (Lipinski definition) is 5. The molecule has 21 heavy (non-hydrogen) atoms.